The monoisotopic (exact) mass is 330 g/mol. The molecule has 0 aromatic heterocycles. The van der Waals surface area contributed by atoms with Gasteiger partial charge < -0.3 is 10.6 Å². The molecule has 23 heavy (non-hydrogen) atoms. The Bertz CT molecular complexity index is 657. The summed E-state index contributed by atoms with van der Waals surface area (Å²) in [6, 6.07) is 9.20. The minimum absolute atomic E-state index is 0.118. The molecule has 1 atom stereocenters. The maximum atomic E-state index is 12.0. The SMILES string of the molecule is O=C(C[C@@H]1S/C(=N/NC2=CCCC2)NC1=O)Nc1ccccc1. The van der Waals surface area contributed by atoms with E-state index in [2.05, 4.69) is 27.2 Å². The number of hydrogen-bond donors (Lipinski definition) is 3. The Hall–Kier alpha value is -2.28. The van der Waals surface area contributed by atoms with Crippen molar-refractivity contribution in [3.8, 4) is 0 Å². The Morgan fingerprint density at radius 3 is 2.91 bits per heavy atom. The molecule has 6 nitrogen and oxygen atoms in total. The Kier molecular flexibility index (Phi) is 4.97. The van der Waals surface area contributed by atoms with Gasteiger partial charge in [0.25, 0.3) is 0 Å². The number of nitrogens with zero attached hydrogens (tertiary/aromatic N) is 1. The number of allylic oxidation sites excluding steroid dienone is 2. The summed E-state index contributed by atoms with van der Waals surface area (Å²) in [5.41, 5.74) is 4.78. The molecule has 2 aliphatic rings. The van der Waals surface area contributed by atoms with Crippen LogP contribution >= 0.6 is 11.8 Å². The fourth-order valence-corrected chi connectivity index (χ4v) is 3.32. The molecule has 3 rings (SSSR count). The van der Waals surface area contributed by atoms with Crippen LogP contribution in [0.4, 0.5) is 5.69 Å². The second-order valence-electron chi connectivity index (χ2n) is 5.36. The van der Waals surface area contributed by atoms with Crippen LogP contribution < -0.4 is 16.1 Å². The normalized spacial score (nSPS) is 21.9. The van der Waals surface area contributed by atoms with E-state index in [0.717, 1.165) is 30.6 Å². The van der Waals surface area contributed by atoms with E-state index < -0.39 is 5.25 Å². The number of carbonyl (C=O) groups excluding carboxylic acids is 2. The molecule has 120 valence electrons. The maximum absolute atomic E-state index is 12.0. The number of hydrogen-bond acceptors (Lipinski definition) is 5. The molecule has 0 radical (unpaired) electrons. The lowest BCUT2D eigenvalue weighted by atomic mass is 10.2. The zero-order valence-corrected chi connectivity index (χ0v) is 13.4. The van der Waals surface area contributed by atoms with Crippen molar-refractivity contribution in [3.63, 3.8) is 0 Å². The number of rotatable bonds is 5. The summed E-state index contributed by atoms with van der Waals surface area (Å²) in [6.45, 7) is 0. The topological polar surface area (TPSA) is 82.6 Å². The molecule has 1 aliphatic carbocycles. The van der Waals surface area contributed by atoms with Crippen LogP contribution in [-0.4, -0.2) is 22.2 Å². The third-order valence-corrected chi connectivity index (χ3v) is 4.63. The fraction of sp³-hybridized carbons (Fsp3) is 0.312. The van der Waals surface area contributed by atoms with Gasteiger partial charge in [0, 0.05) is 17.8 Å². The van der Waals surface area contributed by atoms with Gasteiger partial charge in [-0.15, -0.1) is 0 Å². The first-order valence-electron chi connectivity index (χ1n) is 7.56. The fourth-order valence-electron chi connectivity index (χ4n) is 2.39. The van der Waals surface area contributed by atoms with Gasteiger partial charge in [0.05, 0.1) is 0 Å². The molecular formula is C16H18N4O2S. The quantitative estimate of drug-likeness (QED) is 0.723. The first kappa shape index (κ1) is 15.6. The lowest BCUT2D eigenvalue weighted by molar-refractivity contribution is -0.122. The largest absolute Gasteiger partial charge is 0.326 e. The van der Waals surface area contributed by atoms with Gasteiger partial charge in [-0.2, -0.15) is 5.10 Å². The highest BCUT2D eigenvalue weighted by Gasteiger charge is 2.32. The Labute approximate surface area is 138 Å². The molecule has 1 aromatic rings. The Morgan fingerprint density at radius 2 is 2.17 bits per heavy atom. The lowest BCUT2D eigenvalue weighted by Gasteiger charge is -2.07. The summed E-state index contributed by atoms with van der Waals surface area (Å²) in [4.78, 5) is 24.0. The number of nitrogens with one attached hydrogen (secondary N) is 3. The minimum atomic E-state index is -0.447. The van der Waals surface area contributed by atoms with Crippen LogP contribution in [0.15, 0.2) is 47.2 Å². The molecule has 7 heteroatoms. The van der Waals surface area contributed by atoms with E-state index in [-0.39, 0.29) is 18.2 Å². The smallest absolute Gasteiger partial charge is 0.240 e. The zero-order chi connectivity index (χ0) is 16.1. The van der Waals surface area contributed by atoms with Crippen molar-refractivity contribution in [2.24, 2.45) is 5.10 Å². The van der Waals surface area contributed by atoms with Crippen LogP contribution in [0.25, 0.3) is 0 Å². The van der Waals surface area contributed by atoms with Crippen LogP contribution in [0, 0.1) is 0 Å². The molecule has 1 fully saturated rings. The number of para-hydroxylation sites is 1. The number of amides is 2. The van der Waals surface area contributed by atoms with E-state index in [1.54, 1.807) is 0 Å². The number of carbonyl (C=O) groups is 2. The van der Waals surface area contributed by atoms with Gasteiger partial charge in [-0.3, -0.25) is 15.0 Å². The van der Waals surface area contributed by atoms with Gasteiger partial charge in [0.2, 0.25) is 11.8 Å². The summed E-state index contributed by atoms with van der Waals surface area (Å²) in [7, 11) is 0. The molecule has 1 aliphatic heterocycles. The van der Waals surface area contributed by atoms with E-state index in [4.69, 9.17) is 0 Å². The molecule has 0 unspecified atom stereocenters. The number of hydrazone groups is 1. The summed E-state index contributed by atoms with van der Waals surface area (Å²) in [5, 5.41) is 9.75. The van der Waals surface area contributed by atoms with Crippen molar-refractivity contribution in [1.29, 1.82) is 0 Å². The average molecular weight is 330 g/mol. The predicted octanol–water partition coefficient (Wildman–Crippen LogP) is 2.18. The third-order valence-electron chi connectivity index (χ3n) is 3.55. The van der Waals surface area contributed by atoms with Crippen LogP contribution in [0.1, 0.15) is 25.7 Å². The maximum Gasteiger partial charge on any atom is 0.240 e. The summed E-state index contributed by atoms with van der Waals surface area (Å²) >= 11 is 1.28. The molecule has 0 saturated carbocycles. The van der Waals surface area contributed by atoms with E-state index >= 15 is 0 Å². The van der Waals surface area contributed by atoms with Crippen molar-refractivity contribution in [2.75, 3.05) is 5.32 Å². The number of benzene rings is 1. The van der Waals surface area contributed by atoms with Crippen LogP contribution in [0.3, 0.4) is 0 Å². The van der Waals surface area contributed by atoms with Gasteiger partial charge in [0.15, 0.2) is 5.17 Å². The molecule has 3 N–H and O–H groups in total. The van der Waals surface area contributed by atoms with E-state index in [1.165, 1.54) is 11.8 Å². The standard InChI is InChI=1S/C16H18N4O2S/c21-14(17-11-6-2-1-3-7-11)10-13-15(22)18-16(23-13)20-19-12-8-4-5-9-12/h1-3,6-8,13,19H,4-5,9-10H2,(H,17,21)(H,18,20,22)/t13-/m0/s1. The van der Waals surface area contributed by atoms with Gasteiger partial charge in [-0.05, 0) is 31.4 Å². The minimum Gasteiger partial charge on any atom is -0.326 e. The second-order valence-corrected chi connectivity index (χ2v) is 6.56. The second kappa shape index (κ2) is 7.32. The van der Waals surface area contributed by atoms with Crippen LogP contribution in [0.2, 0.25) is 0 Å². The number of thioether (sulfide) groups is 1. The van der Waals surface area contributed by atoms with Gasteiger partial charge in [-0.25, -0.2) is 0 Å². The third kappa shape index (κ3) is 4.35. The molecule has 1 saturated heterocycles. The summed E-state index contributed by atoms with van der Waals surface area (Å²) in [6.07, 6.45) is 5.41. The van der Waals surface area contributed by atoms with Gasteiger partial charge >= 0.3 is 0 Å². The highest BCUT2D eigenvalue weighted by Crippen LogP contribution is 2.23. The Balaban J connectivity index is 1.51. The molecule has 0 spiro atoms. The first-order chi connectivity index (χ1) is 11.2. The lowest BCUT2D eigenvalue weighted by Crippen LogP contribution is -2.28. The zero-order valence-electron chi connectivity index (χ0n) is 12.5. The molecule has 1 aromatic carbocycles. The van der Waals surface area contributed by atoms with Crippen molar-refractivity contribution in [2.45, 2.75) is 30.9 Å². The first-order valence-corrected chi connectivity index (χ1v) is 8.44. The highest BCUT2D eigenvalue weighted by atomic mass is 32.2. The van der Waals surface area contributed by atoms with Crippen molar-refractivity contribution < 1.29 is 9.59 Å². The van der Waals surface area contributed by atoms with Crippen LogP contribution in [0.5, 0.6) is 0 Å². The number of amidine groups is 1. The highest BCUT2D eigenvalue weighted by molar-refractivity contribution is 8.15. The predicted molar refractivity (Wildman–Crippen MR) is 91.7 cm³/mol. The van der Waals surface area contributed by atoms with E-state index in [0.29, 0.717) is 5.17 Å². The molecule has 2 amide bonds. The molecule has 0 bridgehead atoms. The molecule has 1 heterocycles. The van der Waals surface area contributed by atoms with Gasteiger partial charge in [-0.1, -0.05) is 36.0 Å². The average Bonchev–Trinajstić information content (AvgIpc) is 3.17. The Morgan fingerprint density at radius 1 is 1.35 bits per heavy atom. The van der Waals surface area contributed by atoms with Gasteiger partial charge in [0.1, 0.15) is 5.25 Å². The van der Waals surface area contributed by atoms with Crippen molar-refractivity contribution in [1.82, 2.24) is 10.7 Å². The van der Waals surface area contributed by atoms with E-state index in [1.807, 2.05) is 30.3 Å². The number of anilines is 1. The summed E-state index contributed by atoms with van der Waals surface area (Å²) in [5.74, 6) is -0.365. The van der Waals surface area contributed by atoms with Crippen molar-refractivity contribution in [3.05, 3.63) is 42.1 Å². The van der Waals surface area contributed by atoms with Crippen LogP contribution in [-0.2, 0) is 9.59 Å². The van der Waals surface area contributed by atoms with E-state index in [9.17, 15) is 9.59 Å². The molecular weight excluding hydrogens is 312 g/mol. The van der Waals surface area contributed by atoms with Crippen molar-refractivity contribution >= 4 is 34.4 Å². The summed E-state index contributed by atoms with van der Waals surface area (Å²) < 4.78 is 0.